The summed E-state index contributed by atoms with van der Waals surface area (Å²) in [7, 11) is 0. The Hall–Kier alpha value is -3.18. The first-order chi connectivity index (χ1) is 12.5. The molecular formula is C18H17FN4O2S. The van der Waals surface area contributed by atoms with E-state index in [4.69, 9.17) is 22.2 Å². The summed E-state index contributed by atoms with van der Waals surface area (Å²) in [5.41, 5.74) is 6.37. The van der Waals surface area contributed by atoms with Crippen molar-refractivity contribution < 1.29 is 13.9 Å². The largest absolute Gasteiger partial charge is 0.481 e. The van der Waals surface area contributed by atoms with Gasteiger partial charge in [0, 0.05) is 6.54 Å². The second-order valence-electron chi connectivity index (χ2n) is 5.32. The summed E-state index contributed by atoms with van der Waals surface area (Å²) in [6.07, 6.45) is -0.768. The van der Waals surface area contributed by atoms with Crippen LogP contribution >= 0.6 is 12.2 Å². The smallest absolute Gasteiger partial charge is 0.279 e. The van der Waals surface area contributed by atoms with Crippen molar-refractivity contribution in [1.29, 1.82) is 5.26 Å². The maximum atomic E-state index is 12.8. The molecule has 3 N–H and O–H groups in total. The lowest BCUT2D eigenvalue weighted by Gasteiger charge is -2.16. The molecule has 1 amide bonds. The predicted octanol–water partition coefficient (Wildman–Crippen LogP) is 2.16. The van der Waals surface area contributed by atoms with Gasteiger partial charge in [-0.15, -0.1) is 0 Å². The molecule has 0 fully saturated rings. The van der Waals surface area contributed by atoms with Crippen LogP contribution in [0.5, 0.6) is 5.75 Å². The van der Waals surface area contributed by atoms with Gasteiger partial charge in [-0.1, -0.05) is 12.1 Å². The van der Waals surface area contributed by atoms with Gasteiger partial charge in [0.15, 0.2) is 11.2 Å². The SMILES string of the molecule is C[C@H](Oc1ccc(C#N)cc1)C(=O)NNC(=S)NCc1ccc(F)cc1. The summed E-state index contributed by atoms with van der Waals surface area (Å²) >= 11 is 5.06. The molecule has 2 aromatic carbocycles. The van der Waals surface area contributed by atoms with Crippen molar-refractivity contribution in [3.05, 3.63) is 65.5 Å². The van der Waals surface area contributed by atoms with Gasteiger partial charge in [-0.3, -0.25) is 15.6 Å². The molecule has 0 bridgehead atoms. The summed E-state index contributed by atoms with van der Waals surface area (Å²) < 4.78 is 18.3. The number of nitriles is 1. The Morgan fingerprint density at radius 3 is 2.46 bits per heavy atom. The van der Waals surface area contributed by atoms with Crippen molar-refractivity contribution in [2.45, 2.75) is 19.6 Å². The van der Waals surface area contributed by atoms with E-state index in [1.807, 2.05) is 6.07 Å². The van der Waals surface area contributed by atoms with Crippen LogP contribution in [0.3, 0.4) is 0 Å². The van der Waals surface area contributed by atoms with Crippen LogP contribution in [-0.4, -0.2) is 17.1 Å². The van der Waals surface area contributed by atoms with Crippen LogP contribution in [0.2, 0.25) is 0 Å². The number of benzene rings is 2. The van der Waals surface area contributed by atoms with E-state index >= 15 is 0 Å². The van der Waals surface area contributed by atoms with Gasteiger partial charge in [-0.05, 0) is 61.1 Å². The molecular weight excluding hydrogens is 355 g/mol. The highest BCUT2D eigenvalue weighted by Crippen LogP contribution is 2.13. The normalized spacial score (nSPS) is 11.0. The monoisotopic (exact) mass is 372 g/mol. The summed E-state index contributed by atoms with van der Waals surface area (Å²) in [4.78, 5) is 12.0. The molecule has 8 heteroatoms. The van der Waals surface area contributed by atoms with Crippen LogP contribution in [-0.2, 0) is 11.3 Å². The number of ether oxygens (including phenoxy) is 1. The molecule has 0 spiro atoms. The number of nitrogens with one attached hydrogen (secondary N) is 3. The molecule has 0 aliphatic heterocycles. The highest BCUT2D eigenvalue weighted by molar-refractivity contribution is 7.80. The Morgan fingerprint density at radius 1 is 1.19 bits per heavy atom. The zero-order valence-electron chi connectivity index (χ0n) is 14.0. The molecule has 6 nitrogen and oxygen atoms in total. The van der Waals surface area contributed by atoms with Gasteiger partial charge >= 0.3 is 0 Å². The topological polar surface area (TPSA) is 86.2 Å². The van der Waals surface area contributed by atoms with Crippen LogP contribution in [0, 0.1) is 17.1 Å². The number of halogens is 1. The van der Waals surface area contributed by atoms with Gasteiger partial charge in [0.1, 0.15) is 11.6 Å². The Bertz CT molecular complexity index is 803. The third-order valence-electron chi connectivity index (χ3n) is 3.33. The summed E-state index contributed by atoms with van der Waals surface area (Å²) in [6.45, 7) is 1.98. The number of hydrazine groups is 1. The number of hydrogen-bond donors (Lipinski definition) is 3. The summed E-state index contributed by atoms with van der Waals surface area (Å²) in [5.74, 6) is -0.248. The standard InChI is InChI=1S/C18H17FN4O2S/c1-12(25-16-8-4-13(10-20)5-9-16)17(24)22-23-18(26)21-11-14-2-6-15(19)7-3-14/h2-9,12H,11H2,1H3,(H,22,24)(H2,21,23,26)/t12-/m0/s1. The average Bonchev–Trinajstić information content (AvgIpc) is 2.66. The third-order valence-corrected chi connectivity index (χ3v) is 3.58. The van der Waals surface area contributed by atoms with E-state index in [1.54, 1.807) is 43.3 Å². The summed E-state index contributed by atoms with van der Waals surface area (Å²) in [5, 5.41) is 11.9. The van der Waals surface area contributed by atoms with Crippen molar-refractivity contribution in [3.8, 4) is 11.8 Å². The van der Waals surface area contributed by atoms with E-state index in [-0.39, 0.29) is 10.9 Å². The van der Waals surface area contributed by atoms with Crippen LogP contribution in [0.1, 0.15) is 18.1 Å². The van der Waals surface area contributed by atoms with Crippen molar-refractivity contribution in [2.75, 3.05) is 0 Å². The lowest BCUT2D eigenvalue weighted by atomic mass is 10.2. The van der Waals surface area contributed by atoms with Crippen LogP contribution < -0.4 is 20.9 Å². The summed E-state index contributed by atoms with van der Waals surface area (Å²) in [6, 6.07) is 14.4. The molecule has 26 heavy (non-hydrogen) atoms. The van der Waals surface area contributed by atoms with Crippen LogP contribution in [0.4, 0.5) is 4.39 Å². The molecule has 0 aromatic heterocycles. The number of nitrogens with zero attached hydrogens (tertiary/aromatic N) is 1. The Morgan fingerprint density at radius 2 is 1.85 bits per heavy atom. The fourth-order valence-electron chi connectivity index (χ4n) is 1.91. The minimum absolute atomic E-state index is 0.216. The van der Waals surface area contributed by atoms with Gasteiger partial charge in [-0.2, -0.15) is 5.26 Å². The zero-order valence-corrected chi connectivity index (χ0v) is 14.8. The van der Waals surface area contributed by atoms with Gasteiger partial charge in [-0.25, -0.2) is 4.39 Å². The maximum Gasteiger partial charge on any atom is 0.279 e. The average molecular weight is 372 g/mol. The number of hydrogen-bond acceptors (Lipinski definition) is 4. The fraction of sp³-hybridized carbons (Fsp3) is 0.167. The lowest BCUT2D eigenvalue weighted by molar-refractivity contribution is -0.127. The van der Waals surface area contributed by atoms with Crippen molar-refractivity contribution in [2.24, 2.45) is 0 Å². The fourth-order valence-corrected chi connectivity index (χ4v) is 2.04. The molecule has 0 heterocycles. The maximum absolute atomic E-state index is 12.8. The highest BCUT2D eigenvalue weighted by Gasteiger charge is 2.14. The first-order valence-corrected chi connectivity index (χ1v) is 8.13. The zero-order chi connectivity index (χ0) is 18.9. The number of amides is 1. The van der Waals surface area contributed by atoms with Gasteiger partial charge in [0.25, 0.3) is 5.91 Å². The molecule has 0 saturated carbocycles. The van der Waals surface area contributed by atoms with Crippen molar-refractivity contribution >= 4 is 23.2 Å². The number of thiocarbonyl (C=S) groups is 1. The van der Waals surface area contributed by atoms with E-state index < -0.39 is 12.0 Å². The van der Waals surface area contributed by atoms with E-state index in [1.165, 1.54) is 12.1 Å². The first-order valence-electron chi connectivity index (χ1n) is 7.73. The number of rotatable bonds is 5. The molecule has 2 aromatic rings. The molecule has 0 aliphatic rings. The second-order valence-corrected chi connectivity index (χ2v) is 5.73. The van der Waals surface area contributed by atoms with E-state index in [0.29, 0.717) is 17.9 Å². The Kier molecular flexibility index (Phi) is 6.88. The highest BCUT2D eigenvalue weighted by atomic mass is 32.1. The Balaban J connectivity index is 1.73. The van der Waals surface area contributed by atoms with E-state index in [0.717, 1.165) is 5.56 Å². The molecule has 0 radical (unpaired) electrons. The van der Waals surface area contributed by atoms with Crippen LogP contribution in [0.15, 0.2) is 48.5 Å². The van der Waals surface area contributed by atoms with Gasteiger partial charge < -0.3 is 10.1 Å². The van der Waals surface area contributed by atoms with Crippen molar-refractivity contribution in [1.82, 2.24) is 16.2 Å². The van der Waals surface area contributed by atoms with Gasteiger partial charge in [0.2, 0.25) is 0 Å². The number of carbonyl (C=O) groups excluding carboxylic acids is 1. The molecule has 134 valence electrons. The first kappa shape index (κ1) is 19.1. The Labute approximate surface area is 155 Å². The molecule has 0 saturated heterocycles. The molecule has 2 rings (SSSR count). The van der Waals surface area contributed by atoms with Crippen molar-refractivity contribution in [3.63, 3.8) is 0 Å². The number of carbonyl (C=O) groups is 1. The van der Waals surface area contributed by atoms with E-state index in [2.05, 4.69) is 16.2 Å². The quantitative estimate of drug-likeness (QED) is 0.551. The minimum Gasteiger partial charge on any atom is -0.481 e. The molecule has 0 aliphatic carbocycles. The van der Waals surface area contributed by atoms with E-state index in [9.17, 15) is 9.18 Å². The molecule has 1 atom stereocenters. The minimum atomic E-state index is -0.768. The third kappa shape index (κ3) is 6.03. The predicted molar refractivity (Wildman–Crippen MR) is 98.4 cm³/mol. The van der Waals surface area contributed by atoms with Crippen LogP contribution in [0.25, 0.3) is 0 Å². The second kappa shape index (κ2) is 9.34. The van der Waals surface area contributed by atoms with Gasteiger partial charge in [0.05, 0.1) is 11.6 Å². The lowest BCUT2D eigenvalue weighted by Crippen LogP contribution is -2.50. The molecule has 0 unspecified atom stereocenters.